The first-order valence-corrected chi connectivity index (χ1v) is 4.83. The fourth-order valence-electron chi connectivity index (χ4n) is 0.912. The molecule has 0 fully saturated rings. The highest BCUT2D eigenvalue weighted by Crippen LogP contribution is 1.96. The van der Waals surface area contributed by atoms with Gasteiger partial charge in [0.1, 0.15) is 6.04 Å². The number of carbonyl (C=O) groups is 3. The minimum Gasteiger partial charge on any atom is -0.480 e. The van der Waals surface area contributed by atoms with Crippen LogP contribution in [0.4, 0.5) is 4.79 Å². The zero-order valence-electron chi connectivity index (χ0n) is 9.61. The van der Waals surface area contributed by atoms with Gasteiger partial charge in [-0.05, 0) is 14.0 Å². The van der Waals surface area contributed by atoms with Gasteiger partial charge >= 0.3 is 12.0 Å². The molecule has 0 radical (unpaired) electrons. The number of carboxylic acid groups (broad SMARTS) is 1. The topological polar surface area (TPSA) is 98.7 Å². The Hall–Kier alpha value is -1.63. The van der Waals surface area contributed by atoms with Crippen molar-refractivity contribution in [3.05, 3.63) is 0 Å². The molecule has 0 aliphatic rings. The van der Waals surface area contributed by atoms with E-state index in [2.05, 4.69) is 10.6 Å². The number of urea groups is 1. The molecule has 0 bridgehead atoms. The average molecular weight is 231 g/mol. The van der Waals surface area contributed by atoms with E-state index in [1.165, 1.54) is 18.9 Å². The number of nitrogens with zero attached hydrogens (tertiary/aromatic N) is 1. The zero-order chi connectivity index (χ0) is 12.7. The molecule has 0 rings (SSSR count). The molecule has 0 aromatic rings. The number of carboxylic acids is 1. The van der Waals surface area contributed by atoms with E-state index in [9.17, 15) is 14.4 Å². The minimum atomic E-state index is -0.950. The van der Waals surface area contributed by atoms with E-state index >= 15 is 0 Å². The van der Waals surface area contributed by atoms with Crippen molar-refractivity contribution in [3.63, 3.8) is 0 Å². The van der Waals surface area contributed by atoms with Crippen molar-refractivity contribution in [3.8, 4) is 0 Å². The Balaban J connectivity index is 3.92. The number of carbonyl (C=O) groups excluding carboxylic acids is 2. The lowest BCUT2D eigenvalue weighted by molar-refractivity contribution is -0.142. The molecule has 0 saturated heterocycles. The van der Waals surface area contributed by atoms with E-state index in [1.54, 1.807) is 7.05 Å². The molecule has 1 atom stereocenters. The largest absolute Gasteiger partial charge is 0.480 e. The Morgan fingerprint density at radius 3 is 2.38 bits per heavy atom. The first-order valence-electron chi connectivity index (χ1n) is 4.83. The molecular weight excluding hydrogens is 214 g/mol. The van der Waals surface area contributed by atoms with Crippen molar-refractivity contribution >= 4 is 17.9 Å². The number of rotatable bonds is 5. The Morgan fingerprint density at radius 1 is 1.38 bits per heavy atom. The molecule has 0 aromatic carbocycles. The van der Waals surface area contributed by atoms with Crippen LogP contribution in [0.3, 0.4) is 0 Å². The zero-order valence-corrected chi connectivity index (χ0v) is 9.61. The van der Waals surface area contributed by atoms with Crippen LogP contribution in [0.15, 0.2) is 0 Å². The summed E-state index contributed by atoms with van der Waals surface area (Å²) in [7, 11) is 3.01. The molecule has 7 heteroatoms. The Labute approximate surface area is 93.8 Å². The summed E-state index contributed by atoms with van der Waals surface area (Å²) < 4.78 is 0. The predicted octanol–water partition coefficient (Wildman–Crippen LogP) is -0.763. The molecule has 16 heavy (non-hydrogen) atoms. The van der Waals surface area contributed by atoms with Crippen molar-refractivity contribution in [1.29, 1.82) is 0 Å². The van der Waals surface area contributed by atoms with Gasteiger partial charge in [0.05, 0.1) is 0 Å². The number of hydrogen-bond acceptors (Lipinski definition) is 4. The van der Waals surface area contributed by atoms with Gasteiger partial charge in [0, 0.05) is 20.0 Å². The normalized spacial score (nSPS) is 12.0. The second-order valence-corrected chi connectivity index (χ2v) is 3.37. The van der Waals surface area contributed by atoms with E-state index in [1.807, 2.05) is 0 Å². The third kappa shape index (κ3) is 5.30. The Kier molecular flexibility index (Phi) is 6.09. The fourth-order valence-corrected chi connectivity index (χ4v) is 0.912. The number of nitrogens with one attached hydrogen (secondary N) is 2. The van der Waals surface area contributed by atoms with Crippen LogP contribution in [-0.2, 0) is 9.59 Å². The molecule has 0 saturated carbocycles. The summed E-state index contributed by atoms with van der Waals surface area (Å²) in [5.74, 6) is -1.39. The van der Waals surface area contributed by atoms with Crippen LogP contribution in [0.1, 0.15) is 13.3 Å². The molecule has 0 aliphatic heterocycles. The minimum absolute atomic E-state index is 0.0710. The van der Waals surface area contributed by atoms with E-state index in [0.717, 1.165) is 0 Å². The maximum atomic E-state index is 11.2. The highest BCUT2D eigenvalue weighted by Gasteiger charge is 2.17. The fraction of sp³-hybridized carbons (Fsp3) is 0.667. The number of likely N-dealkylation sites (N-methyl/N-ethyl adjacent to an activating group) is 1. The Bertz CT molecular complexity index is 280. The van der Waals surface area contributed by atoms with E-state index in [0.29, 0.717) is 0 Å². The second-order valence-electron chi connectivity index (χ2n) is 3.37. The summed E-state index contributed by atoms with van der Waals surface area (Å²) in [6.45, 7) is 1.80. The first kappa shape index (κ1) is 14.4. The molecule has 3 amide bonds. The molecule has 1 unspecified atom stereocenters. The van der Waals surface area contributed by atoms with Crippen LogP contribution < -0.4 is 10.6 Å². The van der Waals surface area contributed by atoms with Crippen molar-refractivity contribution in [1.82, 2.24) is 15.5 Å². The summed E-state index contributed by atoms with van der Waals surface area (Å²) >= 11 is 0. The van der Waals surface area contributed by atoms with Crippen molar-refractivity contribution in [2.75, 3.05) is 20.6 Å². The maximum Gasteiger partial charge on any atom is 0.321 e. The van der Waals surface area contributed by atoms with Gasteiger partial charge in [-0.25, -0.2) is 4.79 Å². The van der Waals surface area contributed by atoms with Crippen LogP contribution in [0.2, 0.25) is 0 Å². The van der Waals surface area contributed by atoms with E-state index in [4.69, 9.17) is 5.11 Å². The first-order chi connectivity index (χ1) is 7.38. The van der Waals surface area contributed by atoms with Crippen LogP contribution >= 0.6 is 0 Å². The summed E-state index contributed by atoms with van der Waals surface area (Å²) in [6, 6.07) is -1.23. The van der Waals surface area contributed by atoms with Gasteiger partial charge in [0.25, 0.3) is 0 Å². The quantitative estimate of drug-likeness (QED) is 0.577. The highest BCUT2D eigenvalue weighted by atomic mass is 16.4. The van der Waals surface area contributed by atoms with Gasteiger partial charge in [-0.2, -0.15) is 0 Å². The molecule has 0 aliphatic carbocycles. The van der Waals surface area contributed by atoms with Crippen molar-refractivity contribution in [2.45, 2.75) is 19.4 Å². The third-order valence-electron chi connectivity index (χ3n) is 2.19. The van der Waals surface area contributed by atoms with Crippen LogP contribution in [0.5, 0.6) is 0 Å². The second kappa shape index (κ2) is 6.78. The summed E-state index contributed by atoms with van der Waals surface area (Å²) in [5, 5.41) is 13.0. The van der Waals surface area contributed by atoms with Gasteiger partial charge in [0.2, 0.25) is 5.91 Å². The Morgan fingerprint density at radius 2 is 1.94 bits per heavy atom. The molecule has 0 spiro atoms. The van der Waals surface area contributed by atoms with Gasteiger partial charge in [-0.1, -0.05) is 0 Å². The molecule has 0 aromatic heterocycles. The third-order valence-corrected chi connectivity index (χ3v) is 2.19. The van der Waals surface area contributed by atoms with E-state index < -0.39 is 23.9 Å². The molecule has 7 nitrogen and oxygen atoms in total. The van der Waals surface area contributed by atoms with Crippen molar-refractivity contribution < 1.29 is 19.5 Å². The number of amides is 3. The molecule has 92 valence electrons. The number of hydrogen-bond donors (Lipinski definition) is 3. The van der Waals surface area contributed by atoms with Gasteiger partial charge in [-0.3, -0.25) is 19.8 Å². The lowest BCUT2D eigenvalue weighted by atomic mass is 10.3. The standard InChI is InChI=1S/C9H17N3O4/c1-6(8(14)15)12(3)5-4-7(13)11-9(16)10-2/h6H,4-5H2,1-3H3,(H,14,15)(H2,10,11,13,16). The predicted molar refractivity (Wildman–Crippen MR) is 56.9 cm³/mol. The van der Waals surface area contributed by atoms with Crippen molar-refractivity contribution in [2.24, 2.45) is 0 Å². The highest BCUT2D eigenvalue weighted by molar-refractivity contribution is 5.94. The average Bonchev–Trinajstić information content (AvgIpc) is 2.24. The molecular formula is C9H17N3O4. The monoisotopic (exact) mass is 231 g/mol. The lowest BCUT2D eigenvalue weighted by Crippen LogP contribution is -2.41. The number of imide groups is 1. The van der Waals surface area contributed by atoms with E-state index in [-0.39, 0.29) is 13.0 Å². The SMILES string of the molecule is CNC(=O)NC(=O)CCN(C)C(C)C(=O)O. The maximum absolute atomic E-state index is 11.2. The molecule has 3 N–H and O–H groups in total. The van der Waals surface area contributed by atoms with Gasteiger partial charge in [0.15, 0.2) is 0 Å². The molecule has 0 heterocycles. The van der Waals surface area contributed by atoms with Gasteiger partial charge in [-0.15, -0.1) is 0 Å². The van der Waals surface area contributed by atoms with Crippen LogP contribution in [0, 0.1) is 0 Å². The summed E-state index contributed by atoms with van der Waals surface area (Å²) in [5.41, 5.74) is 0. The summed E-state index contributed by atoms with van der Waals surface area (Å²) in [6.07, 6.45) is 0.0710. The van der Waals surface area contributed by atoms with Crippen LogP contribution in [-0.4, -0.2) is 54.6 Å². The number of aliphatic carboxylic acids is 1. The smallest absolute Gasteiger partial charge is 0.321 e. The summed E-state index contributed by atoms with van der Waals surface area (Å²) in [4.78, 5) is 34.0. The lowest BCUT2D eigenvalue weighted by Gasteiger charge is -2.20. The van der Waals surface area contributed by atoms with Crippen LogP contribution in [0.25, 0.3) is 0 Å². The van der Waals surface area contributed by atoms with Gasteiger partial charge < -0.3 is 10.4 Å².